The second-order valence-electron chi connectivity index (χ2n) is 4.26. The Morgan fingerprint density at radius 1 is 1.09 bits per heavy atom. The summed E-state index contributed by atoms with van der Waals surface area (Å²) in [7, 11) is 0. The molecule has 8 nitrogen and oxygen atoms in total. The standard InChI is InChI=1S/C14H10N2O6/c17-8-5-6-11(10(7-8)14(19)20)15-13(18)9-3-1-2-4-12(9)16(21)22/h1-7,17H,(H,15,18)(H,19,20). The maximum Gasteiger partial charge on any atom is 0.337 e. The molecule has 0 aliphatic rings. The number of rotatable bonds is 4. The van der Waals surface area contributed by atoms with E-state index >= 15 is 0 Å². The number of nitrogens with one attached hydrogen (secondary N) is 1. The van der Waals surface area contributed by atoms with Gasteiger partial charge in [-0.15, -0.1) is 0 Å². The number of aromatic hydroxyl groups is 1. The predicted octanol–water partition coefficient (Wildman–Crippen LogP) is 2.25. The molecule has 0 unspecified atom stereocenters. The van der Waals surface area contributed by atoms with Crippen molar-refractivity contribution in [1.29, 1.82) is 0 Å². The average Bonchev–Trinajstić information content (AvgIpc) is 2.48. The minimum absolute atomic E-state index is 0.0755. The van der Waals surface area contributed by atoms with Crippen molar-refractivity contribution in [1.82, 2.24) is 0 Å². The number of hydrogen-bond donors (Lipinski definition) is 3. The van der Waals surface area contributed by atoms with Crippen LogP contribution in [0.1, 0.15) is 20.7 Å². The quantitative estimate of drug-likeness (QED) is 0.451. The molecule has 0 saturated carbocycles. The van der Waals surface area contributed by atoms with Crippen LogP contribution in [0.25, 0.3) is 0 Å². The van der Waals surface area contributed by atoms with Crippen LogP contribution in [0.5, 0.6) is 5.75 Å². The summed E-state index contributed by atoms with van der Waals surface area (Å²) in [5.74, 6) is -2.45. The van der Waals surface area contributed by atoms with Gasteiger partial charge in [0.15, 0.2) is 0 Å². The molecule has 8 heteroatoms. The third-order valence-corrected chi connectivity index (χ3v) is 2.83. The molecule has 2 aromatic rings. The van der Waals surface area contributed by atoms with Crippen LogP contribution in [0.4, 0.5) is 11.4 Å². The number of aromatic carboxylic acids is 1. The number of carboxylic acids is 1. The number of benzene rings is 2. The van der Waals surface area contributed by atoms with Crippen LogP contribution >= 0.6 is 0 Å². The number of phenols is 1. The minimum atomic E-state index is -1.35. The van der Waals surface area contributed by atoms with E-state index in [2.05, 4.69) is 5.32 Å². The zero-order chi connectivity index (χ0) is 16.3. The third kappa shape index (κ3) is 3.01. The highest BCUT2D eigenvalue weighted by atomic mass is 16.6. The summed E-state index contributed by atoms with van der Waals surface area (Å²) >= 11 is 0. The maximum atomic E-state index is 12.1. The van der Waals surface area contributed by atoms with E-state index in [1.54, 1.807) is 0 Å². The molecule has 2 aromatic carbocycles. The number of carbonyl (C=O) groups excluding carboxylic acids is 1. The molecule has 0 heterocycles. The zero-order valence-electron chi connectivity index (χ0n) is 11.0. The molecular weight excluding hydrogens is 292 g/mol. The third-order valence-electron chi connectivity index (χ3n) is 2.83. The highest BCUT2D eigenvalue weighted by Gasteiger charge is 2.21. The number of hydrogen-bond acceptors (Lipinski definition) is 5. The van der Waals surface area contributed by atoms with Crippen LogP contribution in [0.15, 0.2) is 42.5 Å². The van der Waals surface area contributed by atoms with Crippen molar-refractivity contribution in [2.45, 2.75) is 0 Å². The van der Waals surface area contributed by atoms with Gasteiger partial charge in [-0.2, -0.15) is 0 Å². The molecule has 0 fully saturated rings. The first-order valence-electron chi connectivity index (χ1n) is 6.01. The van der Waals surface area contributed by atoms with Crippen molar-refractivity contribution in [3.63, 3.8) is 0 Å². The summed E-state index contributed by atoms with van der Waals surface area (Å²) in [5, 5.41) is 31.5. The number of nitro groups is 1. The number of amides is 1. The number of nitrogens with zero attached hydrogens (tertiary/aromatic N) is 1. The molecule has 0 saturated heterocycles. The molecule has 0 spiro atoms. The van der Waals surface area contributed by atoms with Gasteiger partial charge < -0.3 is 15.5 Å². The summed E-state index contributed by atoms with van der Waals surface area (Å²) in [6.07, 6.45) is 0. The monoisotopic (exact) mass is 302 g/mol. The number of phenolic OH excluding ortho intramolecular Hbond substituents is 1. The summed E-state index contributed by atoms with van der Waals surface area (Å²) < 4.78 is 0. The summed E-state index contributed by atoms with van der Waals surface area (Å²) in [4.78, 5) is 33.4. The van der Waals surface area contributed by atoms with Crippen LogP contribution in [-0.2, 0) is 0 Å². The molecular formula is C14H10N2O6. The highest BCUT2D eigenvalue weighted by molar-refractivity contribution is 6.09. The van der Waals surface area contributed by atoms with Gasteiger partial charge in [-0.05, 0) is 24.3 Å². The fraction of sp³-hybridized carbons (Fsp3) is 0. The van der Waals surface area contributed by atoms with Gasteiger partial charge in [-0.1, -0.05) is 12.1 Å². The molecule has 0 aliphatic carbocycles. The largest absolute Gasteiger partial charge is 0.508 e. The van der Waals surface area contributed by atoms with Gasteiger partial charge in [-0.3, -0.25) is 14.9 Å². The van der Waals surface area contributed by atoms with E-state index < -0.39 is 22.5 Å². The Morgan fingerprint density at radius 2 is 1.77 bits per heavy atom. The van der Waals surface area contributed by atoms with Gasteiger partial charge in [0.2, 0.25) is 0 Å². The fourth-order valence-electron chi connectivity index (χ4n) is 1.83. The first-order valence-corrected chi connectivity index (χ1v) is 6.01. The Morgan fingerprint density at radius 3 is 2.41 bits per heavy atom. The number of para-hydroxylation sites is 1. The lowest BCUT2D eigenvalue weighted by Crippen LogP contribution is -2.16. The first-order chi connectivity index (χ1) is 10.4. The van der Waals surface area contributed by atoms with E-state index in [4.69, 9.17) is 5.11 Å². The minimum Gasteiger partial charge on any atom is -0.508 e. The van der Waals surface area contributed by atoms with Crippen LogP contribution < -0.4 is 5.32 Å². The van der Waals surface area contributed by atoms with Crippen molar-refractivity contribution in [3.8, 4) is 5.75 Å². The molecule has 0 radical (unpaired) electrons. The number of nitro benzene ring substituents is 1. The zero-order valence-corrected chi connectivity index (χ0v) is 11.0. The van der Waals surface area contributed by atoms with Crippen LogP contribution in [-0.4, -0.2) is 27.0 Å². The lowest BCUT2D eigenvalue weighted by atomic mass is 10.1. The fourth-order valence-corrected chi connectivity index (χ4v) is 1.83. The first kappa shape index (κ1) is 15.0. The van der Waals surface area contributed by atoms with Gasteiger partial charge >= 0.3 is 5.97 Å². The normalized spacial score (nSPS) is 10.0. The number of carboxylic acid groups (broad SMARTS) is 1. The second kappa shape index (κ2) is 5.92. The predicted molar refractivity (Wildman–Crippen MR) is 76.1 cm³/mol. The van der Waals surface area contributed by atoms with E-state index in [0.717, 1.165) is 6.07 Å². The van der Waals surface area contributed by atoms with Crippen molar-refractivity contribution < 1.29 is 24.7 Å². The Kier molecular flexibility index (Phi) is 4.03. The van der Waals surface area contributed by atoms with Gasteiger partial charge in [0.05, 0.1) is 16.2 Å². The maximum absolute atomic E-state index is 12.1. The van der Waals surface area contributed by atoms with E-state index in [0.29, 0.717) is 0 Å². The van der Waals surface area contributed by atoms with Crippen LogP contribution in [0.2, 0.25) is 0 Å². The molecule has 1 amide bonds. The smallest absolute Gasteiger partial charge is 0.337 e. The topological polar surface area (TPSA) is 130 Å². The SMILES string of the molecule is O=C(O)c1cc(O)ccc1NC(=O)c1ccccc1[N+](=O)[O-]. The average molecular weight is 302 g/mol. The Hall–Kier alpha value is -3.42. The van der Waals surface area contributed by atoms with E-state index in [9.17, 15) is 24.8 Å². The Bertz CT molecular complexity index is 772. The van der Waals surface area contributed by atoms with Crippen LogP contribution in [0, 0.1) is 10.1 Å². The van der Waals surface area contributed by atoms with Gasteiger partial charge in [-0.25, -0.2) is 4.79 Å². The summed E-state index contributed by atoms with van der Waals surface area (Å²) in [6.45, 7) is 0. The molecule has 3 N–H and O–H groups in total. The van der Waals surface area contributed by atoms with Gasteiger partial charge in [0.25, 0.3) is 11.6 Å². The van der Waals surface area contributed by atoms with Crippen molar-refractivity contribution in [3.05, 3.63) is 63.7 Å². The van der Waals surface area contributed by atoms with Crippen molar-refractivity contribution >= 4 is 23.3 Å². The molecule has 0 bridgehead atoms. The van der Waals surface area contributed by atoms with Crippen LogP contribution in [0.3, 0.4) is 0 Å². The molecule has 112 valence electrons. The molecule has 0 aromatic heterocycles. The van der Waals surface area contributed by atoms with E-state index in [1.165, 1.54) is 36.4 Å². The van der Waals surface area contributed by atoms with Gasteiger partial charge in [0.1, 0.15) is 11.3 Å². The summed E-state index contributed by atoms with van der Waals surface area (Å²) in [5.41, 5.74) is -0.993. The van der Waals surface area contributed by atoms with Crippen molar-refractivity contribution in [2.24, 2.45) is 0 Å². The van der Waals surface area contributed by atoms with Crippen molar-refractivity contribution in [2.75, 3.05) is 5.32 Å². The highest BCUT2D eigenvalue weighted by Crippen LogP contribution is 2.24. The Balaban J connectivity index is 2.38. The lowest BCUT2D eigenvalue weighted by Gasteiger charge is -2.09. The van der Waals surface area contributed by atoms with E-state index in [1.807, 2.05) is 0 Å². The molecule has 22 heavy (non-hydrogen) atoms. The lowest BCUT2D eigenvalue weighted by molar-refractivity contribution is -0.385. The molecule has 2 rings (SSSR count). The Labute approximate surface area is 123 Å². The molecule has 0 aliphatic heterocycles. The number of carbonyl (C=O) groups is 2. The van der Waals surface area contributed by atoms with E-state index in [-0.39, 0.29) is 22.6 Å². The molecule has 0 atom stereocenters. The summed E-state index contributed by atoms with van der Waals surface area (Å²) in [6, 6.07) is 8.66. The number of anilines is 1. The second-order valence-corrected chi connectivity index (χ2v) is 4.26. The van der Waals surface area contributed by atoms with Gasteiger partial charge in [0, 0.05) is 6.07 Å².